The Morgan fingerprint density at radius 1 is 1.00 bits per heavy atom. The third-order valence-corrected chi connectivity index (χ3v) is 4.08. The second-order valence-corrected chi connectivity index (χ2v) is 6.12. The van der Waals surface area contributed by atoms with Crippen molar-refractivity contribution in [3.63, 3.8) is 0 Å². The van der Waals surface area contributed by atoms with Crippen molar-refractivity contribution in [2.45, 2.75) is 20.0 Å². The van der Waals surface area contributed by atoms with E-state index in [-0.39, 0.29) is 16.4 Å². The number of hydrogen-bond acceptors (Lipinski definition) is 4. The second-order valence-electron chi connectivity index (χ2n) is 5.30. The summed E-state index contributed by atoms with van der Waals surface area (Å²) in [7, 11) is 0. The first-order valence-electron chi connectivity index (χ1n) is 7.36. The molecule has 1 amide bonds. The van der Waals surface area contributed by atoms with Crippen LogP contribution in [0, 0.1) is 0 Å². The van der Waals surface area contributed by atoms with E-state index < -0.39 is 18.0 Å². The molecule has 1 unspecified atom stereocenters. The Balaban J connectivity index is 2.02. The van der Waals surface area contributed by atoms with Crippen molar-refractivity contribution in [2.75, 3.05) is 5.32 Å². The average molecular weight is 380 g/mol. The lowest BCUT2D eigenvalue weighted by Crippen LogP contribution is -2.30. The van der Waals surface area contributed by atoms with E-state index in [1.807, 2.05) is 0 Å². The van der Waals surface area contributed by atoms with E-state index in [2.05, 4.69) is 5.32 Å². The first-order valence-corrected chi connectivity index (χ1v) is 8.11. The van der Waals surface area contributed by atoms with E-state index in [0.29, 0.717) is 16.3 Å². The molecule has 25 heavy (non-hydrogen) atoms. The zero-order valence-corrected chi connectivity index (χ0v) is 15.0. The number of rotatable bonds is 5. The van der Waals surface area contributed by atoms with Crippen LogP contribution in [0.4, 0.5) is 5.69 Å². The minimum atomic E-state index is -1.04. The molecule has 130 valence electrons. The van der Waals surface area contributed by atoms with E-state index >= 15 is 0 Å². The Labute approximate surface area is 154 Å². The first-order chi connectivity index (χ1) is 11.8. The fourth-order valence-electron chi connectivity index (χ4n) is 1.97. The largest absolute Gasteiger partial charge is 0.449 e. The highest BCUT2D eigenvalue weighted by Gasteiger charge is 2.20. The van der Waals surface area contributed by atoms with Crippen molar-refractivity contribution in [1.82, 2.24) is 0 Å². The summed E-state index contributed by atoms with van der Waals surface area (Å²) in [6, 6.07) is 10.8. The third-order valence-electron chi connectivity index (χ3n) is 3.34. The van der Waals surface area contributed by atoms with Gasteiger partial charge in [-0.1, -0.05) is 35.3 Å². The molecule has 0 radical (unpaired) electrons. The van der Waals surface area contributed by atoms with Gasteiger partial charge < -0.3 is 10.1 Å². The van der Waals surface area contributed by atoms with Crippen LogP contribution in [0.2, 0.25) is 10.0 Å². The molecule has 0 bridgehead atoms. The predicted octanol–water partition coefficient (Wildman–Crippen LogP) is 4.38. The van der Waals surface area contributed by atoms with Crippen LogP contribution in [0.1, 0.15) is 34.6 Å². The van der Waals surface area contributed by atoms with Gasteiger partial charge in [-0.25, -0.2) is 4.79 Å². The summed E-state index contributed by atoms with van der Waals surface area (Å²) in [5, 5.41) is 3.13. The number of halogens is 2. The zero-order valence-electron chi connectivity index (χ0n) is 13.5. The smallest absolute Gasteiger partial charge is 0.338 e. The molecule has 0 fully saturated rings. The van der Waals surface area contributed by atoms with E-state index in [1.165, 1.54) is 32.0 Å². The lowest BCUT2D eigenvalue weighted by atomic mass is 10.1. The summed E-state index contributed by atoms with van der Waals surface area (Å²) in [6.45, 7) is 2.88. The minimum absolute atomic E-state index is 0.116. The van der Waals surface area contributed by atoms with E-state index in [0.717, 1.165) is 0 Å². The number of ketones is 1. The van der Waals surface area contributed by atoms with Gasteiger partial charge in [-0.15, -0.1) is 0 Å². The van der Waals surface area contributed by atoms with E-state index in [9.17, 15) is 14.4 Å². The monoisotopic (exact) mass is 379 g/mol. The van der Waals surface area contributed by atoms with Crippen LogP contribution in [0.15, 0.2) is 42.5 Å². The number of carbonyl (C=O) groups excluding carboxylic acids is 3. The molecular weight excluding hydrogens is 365 g/mol. The van der Waals surface area contributed by atoms with Gasteiger partial charge >= 0.3 is 5.97 Å². The number of ether oxygens (including phenoxy) is 1. The molecule has 1 atom stereocenters. The van der Waals surface area contributed by atoms with Crippen LogP contribution in [-0.2, 0) is 9.53 Å². The fraction of sp³-hybridized carbons (Fsp3) is 0.167. The number of hydrogen-bond donors (Lipinski definition) is 1. The van der Waals surface area contributed by atoms with E-state index in [4.69, 9.17) is 27.9 Å². The molecule has 0 aliphatic carbocycles. The molecule has 5 nitrogen and oxygen atoms in total. The van der Waals surface area contributed by atoms with Crippen molar-refractivity contribution < 1.29 is 19.1 Å². The van der Waals surface area contributed by atoms with Gasteiger partial charge in [-0.2, -0.15) is 0 Å². The maximum absolute atomic E-state index is 12.2. The van der Waals surface area contributed by atoms with Crippen LogP contribution < -0.4 is 5.32 Å². The first kappa shape index (κ1) is 19.0. The van der Waals surface area contributed by atoms with Crippen LogP contribution in [0.5, 0.6) is 0 Å². The number of carbonyl (C=O) groups is 3. The van der Waals surface area contributed by atoms with Gasteiger partial charge in [-0.05, 0) is 44.2 Å². The second kappa shape index (κ2) is 8.14. The van der Waals surface area contributed by atoms with Gasteiger partial charge in [0.1, 0.15) is 0 Å². The molecule has 0 aliphatic rings. The molecule has 2 aromatic rings. The predicted molar refractivity (Wildman–Crippen MR) is 96.4 cm³/mol. The Bertz CT molecular complexity index is 836. The van der Waals surface area contributed by atoms with Gasteiger partial charge in [0.05, 0.1) is 15.6 Å². The number of benzene rings is 2. The molecule has 2 rings (SSSR count). The molecule has 0 saturated carbocycles. The summed E-state index contributed by atoms with van der Waals surface area (Å²) >= 11 is 11.7. The molecule has 0 aromatic heterocycles. The number of esters is 1. The van der Waals surface area contributed by atoms with Crippen molar-refractivity contribution in [2.24, 2.45) is 0 Å². The third kappa shape index (κ3) is 5.05. The van der Waals surface area contributed by atoms with Crippen LogP contribution in [0.3, 0.4) is 0 Å². The Morgan fingerprint density at radius 2 is 1.72 bits per heavy atom. The summed E-state index contributed by atoms with van der Waals surface area (Å²) in [6.07, 6.45) is -1.04. The quantitative estimate of drug-likeness (QED) is 0.617. The maximum atomic E-state index is 12.2. The Kier molecular flexibility index (Phi) is 6.17. The standard InChI is InChI=1S/C18H15Cl2NO4/c1-10(22)12-4-3-5-14(8-12)21-17(23)11(2)25-18(24)13-6-7-15(19)16(20)9-13/h3-9,11H,1-2H3,(H,21,23). The van der Waals surface area contributed by atoms with Crippen molar-refractivity contribution in [3.05, 3.63) is 63.6 Å². The number of amides is 1. The highest BCUT2D eigenvalue weighted by molar-refractivity contribution is 6.42. The molecule has 0 heterocycles. The SMILES string of the molecule is CC(=O)c1cccc(NC(=O)C(C)OC(=O)c2ccc(Cl)c(Cl)c2)c1. The molecule has 0 aliphatic heterocycles. The number of Topliss-reactive ketones (excluding diaryl/α,β-unsaturated/α-hetero) is 1. The molecule has 7 heteroatoms. The summed E-state index contributed by atoms with van der Waals surface area (Å²) in [5.41, 5.74) is 1.10. The van der Waals surface area contributed by atoms with E-state index in [1.54, 1.807) is 24.3 Å². The van der Waals surface area contributed by atoms with Crippen molar-refractivity contribution in [3.8, 4) is 0 Å². The number of anilines is 1. The summed E-state index contributed by atoms with van der Waals surface area (Å²) in [4.78, 5) is 35.6. The van der Waals surface area contributed by atoms with Gasteiger partial charge in [0.2, 0.25) is 0 Å². The minimum Gasteiger partial charge on any atom is -0.449 e. The topological polar surface area (TPSA) is 72.5 Å². The van der Waals surface area contributed by atoms with Crippen LogP contribution in [0.25, 0.3) is 0 Å². The Hall–Kier alpha value is -2.37. The molecule has 0 spiro atoms. The summed E-state index contributed by atoms with van der Waals surface area (Å²) < 4.78 is 5.12. The molecule has 1 N–H and O–H groups in total. The van der Waals surface area contributed by atoms with Crippen LogP contribution >= 0.6 is 23.2 Å². The average Bonchev–Trinajstić information content (AvgIpc) is 2.57. The molecule has 2 aromatic carbocycles. The maximum Gasteiger partial charge on any atom is 0.338 e. The zero-order chi connectivity index (χ0) is 18.6. The highest BCUT2D eigenvalue weighted by Crippen LogP contribution is 2.23. The van der Waals surface area contributed by atoms with Gasteiger partial charge in [0.15, 0.2) is 11.9 Å². The van der Waals surface area contributed by atoms with Crippen molar-refractivity contribution in [1.29, 1.82) is 0 Å². The van der Waals surface area contributed by atoms with Gasteiger partial charge in [-0.3, -0.25) is 9.59 Å². The lowest BCUT2D eigenvalue weighted by molar-refractivity contribution is -0.123. The van der Waals surface area contributed by atoms with Gasteiger partial charge in [0.25, 0.3) is 5.91 Å². The van der Waals surface area contributed by atoms with Crippen molar-refractivity contribution >= 4 is 46.5 Å². The van der Waals surface area contributed by atoms with Gasteiger partial charge in [0, 0.05) is 11.3 Å². The lowest BCUT2D eigenvalue weighted by Gasteiger charge is -2.14. The Morgan fingerprint density at radius 3 is 2.36 bits per heavy atom. The number of nitrogens with one attached hydrogen (secondary N) is 1. The fourth-order valence-corrected chi connectivity index (χ4v) is 2.26. The highest BCUT2D eigenvalue weighted by atomic mass is 35.5. The summed E-state index contributed by atoms with van der Waals surface area (Å²) in [5.74, 6) is -1.33. The molecular formula is C18H15Cl2NO4. The molecule has 0 saturated heterocycles. The normalized spacial score (nSPS) is 11.5. The van der Waals surface area contributed by atoms with Crippen LogP contribution in [-0.4, -0.2) is 23.8 Å².